The lowest BCUT2D eigenvalue weighted by atomic mass is 9.92. The lowest BCUT2D eigenvalue weighted by molar-refractivity contribution is -0.140. The summed E-state index contributed by atoms with van der Waals surface area (Å²) in [5.41, 5.74) is 3.81. The van der Waals surface area contributed by atoms with Crippen molar-refractivity contribution in [3.05, 3.63) is 35.9 Å². The molecule has 1 atom stereocenters. The van der Waals surface area contributed by atoms with Gasteiger partial charge in [0.25, 0.3) is 0 Å². The first-order chi connectivity index (χ1) is 7.02. The standard InChI is InChI=1S/C10H11NO3S/c11-10(6-15,9(13)14)8(12)7-4-2-1-3-5-7/h1-5,15H,6,11H2,(H,13,14)/t10-/m1/s1. The molecule has 15 heavy (non-hydrogen) atoms. The van der Waals surface area contributed by atoms with E-state index in [1.54, 1.807) is 18.2 Å². The number of benzene rings is 1. The summed E-state index contributed by atoms with van der Waals surface area (Å²) in [6, 6.07) is 8.07. The lowest BCUT2D eigenvalue weighted by Crippen LogP contribution is -2.56. The molecule has 0 bridgehead atoms. The minimum absolute atomic E-state index is 0.240. The summed E-state index contributed by atoms with van der Waals surface area (Å²) in [6.45, 7) is 0. The second-order valence-corrected chi connectivity index (χ2v) is 3.45. The molecule has 5 heteroatoms. The Bertz CT molecular complexity index is 380. The lowest BCUT2D eigenvalue weighted by Gasteiger charge is -2.20. The van der Waals surface area contributed by atoms with E-state index in [1.807, 2.05) is 0 Å². The molecule has 0 aliphatic heterocycles. The predicted molar refractivity (Wildman–Crippen MR) is 59.2 cm³/mol. The molecule has 0 saturated carbocycles. The van der Waals surface area contributed by atoms with Crippen LogP contribution in [-0.4, -0.2) is 28.2 Å². The van der Waals surface area contributed by atoms with E-state index < -0.39 is 17.3 Å². The second-order valence-electron chi connectivity index (χ2n) is 3.13. The Morgan fingerprint density at radius 2 is 1.87 bits per heavy atom. The smallest absolute Gasteiger partial charge is 0.332 e. The number of carbonyl (C=O) groups is 2. The summed E-state index contributed by atoms with van der Waals surface area (Å²) >= 11 is 3.80. The number of carbonyl (C=O) groups excluding carboxylic acids is 1. The van der Waals surface area contributed by atoms with Crippen molar-refractivity contribution in [1.82, 2.24) is 0 Å². The van der Waals surface area contributed by atoms with Gasteiger partial charge in [0, 0.05) is 11.3 Å². The van der Waals surface area contributed by atoms with Crippen LogP contribution < -0.4 is 5.73 Å². The summed E-state index contributed by atoms with van der Waals surface area (Å²) in [6.07, 6.45) is 0. The van der Waals surface area contributed by atoms with Gasteiger partial charge in [-0.1, -0.05) is 30.3 Å². The zero-order chi connectivity index (χ0) is 11.5. The molecule has 0 fully saturated rings. The molecule has 0 spiro atoms. The number of hydrogen-bond acceptors (Lipinski definition) is 4. The third kappa shape index (κ3) is 2.19. The van der Waals surface area contributed by atoms with Gasteiger partial charge in [0.1, 0.15) is 0 Å². The van der Waals surface area contributed by atoms with Gasteiger partial charge in [-0.25, -0.2) is 4.79 Å². The van der Waals surface area contributed by atoms with Crippen molar-refractivity contribution in [1.29, 1.82) is 0 Å². The predicted octanol–water partition coefficient (Wildman–Crippen LogP) is 0.581. The first-order valence-corrected chi connectivity index (χ1v) is 4.88. The summed E-state index contributed by atoms with van der Waals surface area (Å²) < 4.78 is 0. The molecule has 0 aromatic heterocycles. The largest absolute Gasteiger partial charge is 0.480 e. The van der Waals surface area contributed by atoms with E-state index in [0.717, 1.165) is 0 Å². The minimum atomic E-state index is -1.95. The van der Waals surface area contributed by atoms with Crippen LogP contribution >= 0.6 is 12.6 Å². The molecule has 3 N–H and O–H groups in total. The van der Waals surface area contributed by atoms with Gasteiger partial charge in [-0.15, -0.1) is 0 Å². The van der Waals surface area contributed by atoms with Crippen LogP contribution in [0.25, 0.3) is 0 Å². The molecular formula is C10H11NO3S. The van der Waals surface area contributed by atoms with Gasteiger partial charge >= 0.3 is 5.97 Å². The van der Waals surface area contributed by atoms with Gasteiger partial charge in [0.05, 0.1) is 0 Å². The first-order valence-electron chi connectivity index (χ1n) is 4.25. The van der Waals surface area contributed by atoms with Crippen molar-refractivity contribution >= 4 is 24.4 Å². The quantitative estimate of drug-likeness (QED) is 0.398. The van der Waals surface area contributed by atoms with Gasteiger partial charge in [-0.3, -0.25) is 4.79 Å². The fourth-order valence-corrected chi connectivity index (χ4v) is 1.36. The van der Waals surface area contributed by atoms with E-state index >= 15 is 0 Å². The van der Waals surface area contributed by atoms with E-state index in [1.165, 1.54) is 12.1 Å². The Balaban J connectivity index is 3.08. The zero-order valence-electron chi connectivity index (χ0n) is 7.88. The molecule has 0 aliphatic carbocycles. The first kappa shape index (κ1) is 11.7. The van der Waals surface area contributed by atoms with E-state index in [9.17, 15) is 9.59 Å². The number of carboxylic acid groups (broad SMARTS) is 1. The van der Waals surface area contributed by atoms with Crippen LogP contribution in [0.15, 0.2) is 30.3 Å². The SMILES string of the molecule is N[C@@](CS)(C(=O)O)C(=O)c1ccccc1. The van der Waals surface area contributed by atoms with Crippen molar-refractivity contribution in [3.63, 3.8) is 0 Å². The van der Waals surface area contributed by atoms with Gasteiger partial charge in [-0.2, -0.15) is 12.6 Å². The maximum Gasteiger partial charge on any atom is 0.332 e. The molecule has 1 aromatic rings. The molecule has 4 nitrogen and oxygen atoms in total. The second kappa shape index (κ2) is 4.46. The Labute approximate surface area is 92.5 Å². The number of carboxylic acids is 1. The molecule has 0 heterocycles. The van der Waals surface area contributed by atoms with Crippen LogP contribution in [0.3, 0.4) is 0 Å². The Morgan fingerprint density at radius 1 is 1.33 bits per heavy atom. The average Bonchev–Trinajstić information content (AvgIpc) is 2.28. The van der Waals surface area contributed by atoms with E-state index in [4.69, 9.17) is 10.8 Å². The Kier molecular flexibility index (Phi) is 3.49. The summed E-state index contributed by atoms with van der Waals surface area (Å²) in [4.78, 5) is 22.7. The van der Waals surface area contributed by atoms with Crippen LogP contribution in [0.4, 0.5) is 0 Å². The number of thiol groups is 1. The van der Waals surface area contributed by atoms with Gasteiger partial charge < -0.3 is 10.8 Å². The number of hydrogen-bond donors (Lipinski definition) is 3. The minimum Gasteiger partial charge on any atom is -0.480 e. The number of nitrogens with two attached hydrogens (primary N) is 1. The molecule has 0 saturated heterocycles. The number of aliphatic carboxylic acids is 1. The van der Waals surface area contributed by atoms with Crippen molar-refractivity contribution in [2.24, 2.45) is 5.73 Å². The van der Waals surface area contributed by atoms with Crippen molar-refractivity contribution < 1.29 is 14.7 Å². The number of Topliss-reactive ketones (excluding diaryl/α,β-unsaturated/α-hetero) is 1. The average molecular weight is 225 g/mol. The fourth-order valence-electron chi connectivity index (χ4n) is 1.08. The van der Waals surface area contributed by atoms with Crippen LogP contribution in [0.5, 0.6) is 0 Å². The highest BCUT2D eigenvalue weighted by molar-refractivity contribution is 7.80. The summed E-state index contributed by atoms with van der Waals surface area (Å²) in [5.74, 6) is -2.24. The summed E-state index contributed by atoms with van der Waals surface area (Å²) in [7, 11) is 0. The summed E-state index contributed by atoms with van der Waals surface area (Å²) in [5, 5.41) is 8.87. The molecule has 1 aromatic carbocycles. The molecule has 0 radical (unpaired) electrons. The molecule has 0 amide bonds. The van der Waals surface area contributed by atoms with Gasteiger partial charge in [0.15, 0.2) is 11.3 Å². The number of ketones is 1. The Hall–Kier alpha value is -1.33. The maximum atomic E-state index is 11.8. The van der Waals surface area contributed by atoms with Crippen LogP contribution in [0.2, 0.25) is 0 Å². The van der Waals surface area contributed by atoms with Crippen molar-refractivity contribution in [3.8, 4) is 0 Å². The normalized spacial score (nSPS) is 14.3. The zero-order valence-corrected chi connectivity index (χ0v) is 8.78. The monoisotopic (exact) mass is 225 g/mol. The van der Waals surface area contributed by atoms with E-state index in [-0.39, 0.29) is 11.3 Å². The Morgan fingerprint density at radius 3 is 2.27 bits per heavy atom. The van der Waals surface area contributed by atoms with E-state index in [2.05, 4.69) is 12.6 Å². The van der Waals surface area contributed by atoms with Crippen molar-refractivity contribution in [2.75, 3.05) is 5.75 Å². The topological polar surface area (TPSA) is 80.4 Å². The third-order valence-electron chi connectivity index (χ3n) is 2.07. The highest BCUT2D eigenvalue weighted by atomic mass is 32.1. The molecular weight excluding hydrogens is 214 g/mol. The molecule has 0 unspecified atom stereocenters. The highest BCUT2D eigenvalue weighted by Gasteiger charge is 2.41. The van der Waals surface area contributed by atoms with Crippen LogP contribution in [-0.2, 0) is 4.79 Å². The van der Waals surface area contributed by atoms with Crippen molar-refractivity contribution in [2.45, 2.75) is 5.54 Å². The number of rotatable bonds is 4. The third-order valence-corrected chi connectivity index (χ3v) is 2.57. The molecule has 1 rings (SSSR count). The van der Waals surface area contributed by atoms with Crippen LogP contribution in [0.1, 0.15) is 10.4 Å². The maximum absolute atomic E-state index is 11.8. The van der Waals surface area contributed by atoms with Gasteiger partial charge in [0.2, 0.25) is 0 Å². The van der Waals surface area contributed by atoms with E-state index in [0.29, 0.717) is 0 Å². The van der Waals surface area contributed by atoms with Gasteiger partial charge in [-0.05, 0) is 0 Å². The highest BCUT2D eigenvalue weighted by Crippen LogP contribution is 2.13. The van der Waals surface area contributed by atoms with Crippen LogP contribution in [0, 0.1) is 0 Å². The molecule has 80 valence electrons. The molecule has 0 aliphatic rings. The fraction of sp³-hybridized carbons (Fsp3) is 0.200.